The van der Waals surface area contributed by atoms with Gasteiger partial charge in [-0.2, -0.15) is 13.2 Å². The van der Waals surface area contributed by atoms with Crippen molar-refractivity contribution in [1.29, 1.82) is 0 Å². The third-order valence-electron chi connectivity index (χ3n) is 3.44. The normalized spacial score (nSPS) is 14.7. The van der Waals surface area contributed by atoms with E-state index in [1.807, 2.05) is 19.1 Å². The van der Waals surface area contributed by atoms with Crippen molar-refractivity contribution in [2.24, 2.45) is 0 Å². The van der Waals surface area contributed by atoms with E-state index in [0.29, 0.717) is 0 Å². The van der Waals surface area contributed by atoms with Gasteiger partial charge in [-0.15, -0.1) is 0 Å². The van der Waals surface area contributed by atoms with Crippen LogP contribution in [-0.2, 0) is 6.18 Å². The fraction of sp³-hybridized carbons (Fsp3) is 0.312. The monoisotopic (exact) mass is 294 g/mol. The molecule has 112 valence electrons. The second kappa shape index (κ2) is 6.26. The molecule has 1 aromatic carbocycles. The van der Waals surface area contributed by atoms with Gasteiger partial charge in [0.05, 0.1) is 5.56 Å². The van der Waals surface area contributed by atoms with Crippen molar-refractivity contribution in [1.82, 2.24) is 10.3 Å². The minimum Gasteiger partial charge on any atom is -0.304 e. The first-order valence-corrected chi connectivity index (χ1v) is 6.71. The molecule has 0 aliphatic carbocycles. The Morgan fingerprint density at radius 3 is 2.19 bits per heavy atom. The van der Waals surface area contributed by atoms with Gasteiger partial charge in [-0.05, 0) is 43.2 Å². The zero-order valence-electron chi connectivity index (χ0n) is 11.9. The lowest BCUT2D eigenvalue weighted by Crippen LogP contribution is -2.24. The van der Waals surface area contributed by atoms with Gasteiger partial charge >= 0.3 is 6.18 Å². The van der Waals surface area contributed by atoms with Crippen LogP contribution < -0.4 is 5.32 Å². The van der Waals surface area contributed by atoms with Gasteiger partial charge in [-0.1, -0.05) is 18.2 Å². The topological polar surface area (TPSA) is 24.9 Å². The van der Waals surface area contributed by atoms with E-state index in [1.54, 1.807) is 25.4 Å². The molecule has 5 heteroatoms. The van der Waals surface area contributed by atoms with Gasteiger partial charge in [-0.25, -0.2) is 0 Å². The van der Waals surface area contributed by atoms with Gasteiger partial charge in [-0.3, -0.25) is 4.98 Å². The van der Waals surface area contributed by atoms with Crippen molar-refractivity contribution in [2.45, 2.75) is 32.1 Å². The summed E-state index contributed by atoms with van der Waals surface area (Å²) >= 11 is 0. The number of nitrogens with zero attached hydrogens (tertiary/aromatic N) is 1. The molecule has 21 heavy (non-hydrogen) atoms. The molecule has 2 unspecified atom stereocenters. The predicted octanol–water partition coefficient (Wildman–Crippen LogP) is 4.51. The Bertz CT molecular complexity index is 582. The van der Waals surface area contributed by atoms with Gasteiger partial charge in [0.25, 0.3) is 0 Å². The summed E-state index contributed by atoms with van der Waals surface area (Å²) in [6, 6.07) is 8.88. The standard InChI is InChI=1S/C16H17F3N2/c1-11(13-7-9-20-10-8-13)21-12(2)14-5-3-4-6-15(14)16(17,18)19/h3-12,21H,1-2H3. The molecule has 0 saturated carbocycles. The van der Waals surface area contributed by atoms with Crippen molar-refractivity contribution in [3.05, 3.63) is 65.5 Å². The lowest BCUT2D eigenvalue weighted by atomic mass is 9.99. The Morgan fingerprint density at radius 2 is 1.57 bits per heavy atom. The van der Waals surface area contributed by atoms with Crippen molar-refractivity contribution >= 4 is 0 Å². The predicted molar refractivity (Wildman–Crippen MR) is 75.6 cm³/mol. The molecule has 0 aliphatic heterocycles. The summed E-state index contributed by atoms with van der Waals surface area (Å²) in [6.07, 6.45) is -1.00. The molecule has 0 saturated heterocycles. The van der Waals surface area contributed by atoms with E-state index in [-0.39, 0.29) is 11.6 Å². The molecule has 0 bridgehead atoms. The number of aromatic nitrogens is 1. The molecular weight excluding hydrogens is 277 g/mol. The molecule has 1 N–H and O–H groups in total. The Morgan fingerprint density at radius 1 is 0.952 bits per heavy atom. The van der Waals surface area contributed by atoms with Gasteiger partial charge in [0.15, 0.2) is 0 Å². The molecule has 0 amide bonds. The van der Waals surface area contributed by atoms with Crippen LogP contribution in [0.3, 0.4) is 0 Å². The summed E-state index contributed by atoms with van der Waals surface area (Å²) in [5.41, 5.74) is 0.652. The van der Waals surface area contributed by atoms with Crippen LogP contribution in [0.2, 0.25) is 0 Å². The Hall–Kier alpha value is -1.88. The maximum absolute atomic E-state index is 13.0. The van der Waals surface area contributed by atoms with E-state index in [4.69, 9.17) is 0 Å². The Kier molecular flexibility index (Phi) is 4.63. The minimum atomic E-state index is -4.34. The van der Waals surface area contributed by atoms with Crippen LogP contribution >= 0.6 is 0 Å². The van der Waals surface area contributed by atoms with Crippen LogP contribution in [0.4, 0.5) is 13.2 Å². The summed E-state index contributed by atoms with van der Waals surface area (Å²) in [4.78, 5) is 3.93. The number of nitrogens with one attached hydrogen (secondary N) is 1. The first-order valence-electron chi connectivity index (χ1n) is 6.71. The number of pyridine rings is 1. The number of halogens is 3. The number of hydrogen-bond donors (Lipinski definition) is 1. The fourth-order valence-corrected chi connectivity index (χ4v) is 2.35. The van der Waals surface area contributed by atoms with Crippen LogP contribution in [0.5, 0.6) is 0 Å². The smallest absolute Gasteiger partial charge is 0.304 e. The third-order valence-corrected chi connectivity index (χ3v) is 3.44. The largest absolute Gasteiger partial charge is 0.416 e. The van der Waals surface area contributed by atoms with E-state index >= 15 is 0 Å². The summed E-state index contributed by atoms with van der Waals surface area (Å²) in [7, 11) is 0. The average Bonchev–Trinajstić information content (AvgIpc) is 2.47. The second-order valence-electron chi connectivity index (χ2n) is 4.98. The molecule has 2 atom stereocenters. The summed E-state index contributed by atoms with van der Waals surface area (Å²) in [5, 5.41) is 3.20. The van der Waals surface area contributed by atoms with E-state index in [2.05, 4.69) is 10.3 Å². The van der Waals surface area contributed by atoms with Gasteiger partial charge in [0.1, 0.15) is 0 Å². The summed E-state index contributed by atoms with van der Waals surface area (Å²) < 4.78 is 39.1. The Labute approximate surface area is 122 Å². The molecule has 2 rings (SSSR count). The molecule has 0 fully saturated rings. The van der Waals surface area contributed by atoms with Crippen molar-refractivity contribution < 1.29 is 13.2 Å². The van der Waals surface area contributed by atoms with Gasteiger partial charge < -0.3 is 5.32 Å². The SMILES string of the molecule is CC(NC(C)c1ccccc1C(F)(F)F)c1ccncc1. The first-order chi connectivity index (χ1) is 9.89. The first kappa shape index (κ1) is 15.5. The van der Waals surface area contributed by atoms with Crippen LogP contribution in [-0.4, -0.2) is 4.98 Å². The molecular formula is C16H17F3N2. The van der Waals surface area contributed by atoms with Crippen molar-refractivity contribution in [2.75, 3.05) is 0 Å². The zero-order chi connectivity index (χ0) is 15.5. The third kappa shape index (κ3) is 3.82. The summed E-state index contributed by atoms with van der Waals surface area (Å²) in [6.45, 7) is 3.66. The highest BCUT2D eigenvalue weighted by atomic mass is 19.4. The molecule has 1 heterocycles. The van der Waals surface area contributed by atoms with Crippen molar-refractivity contribution in [3.8, 4) is 0 Å². The van der Waals surface area contributed by atoms with Crippen LogP contribution in [0, 0.1) is 0 Å². The van der Waals surface area contributed by atoms with Gasteiger partial charge in [0, 0.05) is 24.5 Å². The Balaban J connectivity index is 2.20. The van der Waals surface area contributed by atoms with E-state index in [0.717, 1.165) is 11.6 Å². The quantitative estimate of drug-likeness (QED) is 0.897. The van der Waals surface area contributed by atoms with E-state index < -0.39 is 17.8 Å². The molecule has 1 aromatic heterocycles. The van der Waals surface area contributed by atoms with Crippen LogP contribution in [0.15, 0.2) is 48.8 Å². The lowest BCUT2D eigenvalue weighted by Gasteiger charge is -2.23. The highest BCUT2D eigenvalue weighted by molar-refractivity contribution is 5.32. The van der Waals surface area contributed by atoms with Crippen molar-refractivity contribution in [3.63, 3.8) is 0 Å². The maximum Gasteiger partial charge on any atom is 0.416 e. The average molecular weight is 294 g/mol. The maximum atomic E-state index is 13.0. The molecule has 2 nitrogen and oxygen atoms in total. The zero-order valence-corrected chi connectivity index (χ0v) is 11.9. The molecule has 2 aromatic rings. The summed E-state index contributed by atoms with van der Waals surface area (Å²) in [5.74, 6) is 0. The van der Waals surface area contributed by atoms with Crippen LogP contribution in [0.25, 0.3) is 0 Å². The number of benzene rings is 1. The fourth-order valence-electron chi connectivity index (χ4n) is 2.35. The molecule has 0 spiro atoms. The van der Waals surface area contributed by atoms with E-state index in [9.17, 15) is 13.2 Å². The van der Waals surface area contributed by atoms with Crippen LogP contribution in [0.1, 0.15) is 42.6 Å². The lowest BCUT2D eigenvalue weighted by molar-refractivity contribution is -0.138. The number of alkyl halides is 3. The molecule has 0 radical (unpaired) electrons. The molecule has 0 aliphatic rings. The van der Waals surface area contributed by atoms with Gasteiger partial charge in [0.2, 0.25) is 0 Å². The number of rotatable bonds is 4. The van der Waals surface area contributed by atoms with E-state index in [1.165, 1.54) is 12.1 Å². The highest BCUT2D eigenvalue weighted by Crippen LogP contribution is 2.34. The second-order valence-corrected chi connectivity index (χ2v) is 4.98. The number of hydrogen-bond acceptors (Lipinski definition) is 2. The minimum absolute atomic E-state index is 0.0655. The highest BCUT2D eigenvalue weighted by Gasteiger charge is 2.34.